The Morgan fingerprint density at radius 2 is 2.15 bits per heavy atom. The molecule has 1 atom stereocenters. The smallest absolute Gasteiger partial charge is 0.191 e. The molecule has 1 aliphatic rings. The standard InChI is InChI=1S/C19H25N5S2/c1-19(2,3)11-5-6-12-13(9-11)26-17-15(12)16(20)22-18(23-17)25-10-14-21-7-8-24(14)4/h7-8,11H,5-6,9-10H2,1-4H3,(H2,20,22,23). The molecule has 1 unspecified atom stereocenters. The Kier molecular flexibility index (Phi) is 4.47. The fourth-order valence-electron chi connectivity index (χ4n) is 3.65. The lowest BCUT2D eigenvalue weighted by Crippen LogP contribution is -2.26. The topological polar surface area (TPSA) is 69.6 Å². The van der Waals surface area contributed by atoms with Crippen LogP contribution in [0.15, 0.2) is 17.6 Å². The molecule has 0 amide bonds. The highest BCUT2D eigenvalue weighted by molar-refractivity contribution is 7.98. The fourth-order valence-corrected chi connectivity index (χ4v) is 5.87. The van der Waals surface area contributed by atoms with Gasteiger partial charge in [0.1, 0.15) is 16.5 Å². The van der Waals surface area contributed by atoms with Crippen LogP contribution in [0.2, 0.25) is 0 Å². The third kappa shape index (κ3) is 3.22. The highest BCUT2D eigenvalue weighted by Gasteiger charge is 2.31. The van der Waals surface area contributed by atoms with Crippen LogP contribution in [-0.4, -0.2) is 19.5 Å². The summed E-state index contributed by atoms with van der Waals surface area (Å²) in [6.45, 7) is 7.03. The van der Waals surface area contributed by atoms with Gasteiger partial charge < -0.3 is 10.3 Å². The van der Waals surface area contributed by atoms with Gasteiger partial charge in [0.15, 0.2) is 5.16 Å². The minimum absolute atomic E-state index is 0.341. The Morgan fingerprint density at radius 1 is 1.35 bits per heavy atom. The normalized spacial score (nSPS) is 17.6. The average Bonchev–Trinajstić information content (AvgIpc) is 3.14. The summed E-state index contributed by atoms with van der Waals surface area (Å²) >= 11 is 3.40. The molecule has 26 heavy (non-hydrogen) atoms. The molecular formula is C19H25N5S2. The quantitative estimate of drug-likeness (QED) is 0.531. The first-order valence-electron chi connectivity index (χ1n) is 8.99. The first-order chi connectivity index (χ1) is 12.3. The van der Waals surface area contributed by atoms with Gasteiger partial charge in [0.2, 0.25) is 0 Å². The van der Waals surface area contributed by atoms with Crippen molar-refractivity contribution in [2.24, 2.45) is 18.4 Å². The minimum Gasteiger partial charge on any atom is -0.383 e. The minimum atomic E-state index is 0.341. The molecule has 0 saturated heterocycles. The van der Waals surface area contributed by atoms with Crippen molar-refractivity contribution in [2.45, 2.75) is 50.9 Å². The number of nitrogens with zero attached hydrogens (tertiary/aromatic N) is 4. The van der Waals surface area contributed by atoms with Gasteiger partial charge in [-0.1, -0.05) is 32.5 Å². The number of aromatic nitrogens is 4. The molecule has 0 fully saturated rings. The monoisotopic (exact) mass is 387 g/mol. The molecule has 1 aliphatic carbocycles. The maximum atomic E-state index is 6.35. The van der Waals surface area contributed by atoms with Crippen LogP contribution in [0.4, 0.5) is 5.82 Å². The second-order valence-corrected chi connectivity index (χ2v) is 10.2. The molecule has 3 aromatic rings. The summed E-state index contributed by atoms with van der Waals surface area (Å²) in [5.41, 5.74) is 8.08. The van der Waals surface area contributed by atoms with Gasteiger partial charge in [-0.3, -0.25) is 0 Å². The molecule has 0 saturated carbocycles. The molecule has 0 aromatic carbocycles. The summed E-state index contributed by atoms with van der Waals surface area (Å²) in [5, 5.41) is 1.84. The van der Waals surface area contributed by atoms with Crippen LogP contribution in [0.25, 0.3) is 10.2 Å². The largest absolute Gasteiger partial charge is 0.383 e. The number of imidazole rings is 1. The SMILES string of the molecule is Cn1ccnc1CSc1nc(N)c2c3c(sc2n1)CC(C(C)(C)C)CC3. The highest BCUT2D eigenvalue weighted by atomic mass is 32.2. The van der Waals surface area contributed by atoms with E-state index < -0.39 is 0 Å². The number of aryl methyl sites for hydroxylation is 2. The number of hydrogen-bond donors (Lipinski definition) is 1. The summed E-state index contributed by atoms with van der Waals surface area (Å²) in [4.78, 5) is 16.2. The van der Waals surface area contributed by atoms with Gasteiger partial charge in [-0.25, -0.2) is 15.0 Å². The third-order valence-electron chi connectivity index (χ3n) is 5.39. The maximum absolute atomic E-state index is 6.35. The van der Waals surface area contributed by atoms with Gasteiger partial charge in [0.05, 0.1) is 11.1 Å². The molecule has 4 rings (SSSR count). The number of nitrogen functional groups attached to an aromatic ring is 1. The molecule has 0 radical (unpaired) electrons. The third-order valence-corrected chi connectivity index (χ3v) is 7.38. The predicted molar refractivity (Wildman–Crippen MR) is 110 cm³/mol. The lowest BCUT2D eigenvalue weighted by Gasteiger charge is -2.33. The summed E-state index contributed by atoms with van der Waals surface area (Å²) in [5.74, 6) is 3.10. The van der Waals surface area contributed by atoms with Crippen molar-refractivity contribution in [1.29, 1.82) is 0 Å². The Morgan fingerprint density at radius 3 is 2.85 bits per heavy atom. The van der Waals surface area contributed by atoms with Crippen molar-refractivity contribution in [3.63, 3.8) is 0 Å². The number of hydrogen-bond acceptors (Lipinski definition) is 6. The lowest BCUT2D eigenvalue weighted by atomic mass is 9.72. The van der Waals surface area contributed by atoms with Crippen LogP contribution in [0.3, 0.4) is 0 Å². The number of anilines is 1. The van der Waals surface area contributed by atoms with Crippen LogP contribution < -0.4 is 5.73 Å². The van der Waals surface area contributed by atoms with Crippen LogP contribution >= 0.6 is 23.1 Å². The van der Waals surface area contributed by atoms with Crippen molar-refractivity contribution in [2.75, 3.05) is 5.73 Å². The number of thioether (sulfide) groups is 1. The van der Waals surface area contributed by atoms with Crippen LogP contribution in [-0.2, 0) is 25.6 Å². The van der Waals surface area contributed by atoms with Gasteiger partial charge >= 0.3 is 0 Å². The summed E-state index contributed by atoms with van der Waals surface area (Å²) < 4.78 is 2.02. The van der Waals surface area contributed by atoms with Gasteiger partial charge in [-0.05, 0) is 36.2 Å². The molecule has 0 bridgehead atoms. The predicted octanol–water partition coefficient (Wildman–Crippen LogP) is 4.45. The van der Waals surface area contributed by atoms with E-state index in [2.05, 4.69) is 30.7 Å². The highest BCUT2D eigenvalue weighted by Crippen LogP contribution is 2.44. The zero-order valence-corrected chi connectivity index (χ0v) is 17.4. The van der Waals surface area contributed by atoms with E-state index in [-0.39, 0.29) is 0 Å². The van der Waals surface area contributed by atoms with Crippen LogP contribution in [0.5, 0.6) is 0 Å². The second kappa shape index (κ2) is 6.53. The molecule has 7 heteroatoms. The Hall–Kier alpha value is -1.60. The maximum Gasteiger partial charge on any atom is 0.191 e. The van der Waals surface area contributed by atoms with E-state index in [1.807, 2.05) is 35.3 Å². The average molecular weight is 388 g/mol. The van der Waals surface area contributed by atoms with Crippen LogP contribution in [0, 0.1) is 11.3 Å². The van der Waals surface area contributed by atoms with E-state index in [4.69, 9.17) is 10.7 Å². The van der Waals surface area contributed by atoms with Crippen molar-refractivity contribution >= 4 is 39.1 Å². The van der Waals surface area contributed by atoms with E-state index >= 15 is 0 Å². The molecule has 138 valence electrons. The van der Waals surface area contributed by atoms with Crippen LogP contribution in [0.1, 0.15) is 43.5 Å². The Bertz CT molecular complexity index is 951. The number of thiophene rings is 1. The zero-order valence-electron chi connectivity index (χ0n) is 15.7. The van der Waals surface area contributed by atoms with E-state index in [1.54, 1.807) is 11.8 Å². The summed E-state index contributed by atoms with van der Waals surface area (Å²) in [6.07, 6.45) is 7.21. The molecule has 2 N–H and O–H groups in total. The number of nitrogens with two attached hydrogens (primary N) is 1. The number of rotatable bonds is 3. The van der Waals surface area contributed by atoms with Gasteiger partial charge in [0.25, 0.3) is 0 Å². The summed E-state index contributed by atoms with van der Waals surface area (Å²) in [6, 6.07) is 0. The lowest BCUT2D eigenvalue weighted by molar-refractivity contribution is 0.218. The molecule has 0 spiro atoms. The molecule has 5 nitrogen and oxygen atoms in total. The van der Waals surface area contributed by atoms with Gasteiger partial charge in [-0.15, -0.1) is 11.3 Å². The van der Waals surface area contributed by atoms with Crippen molar-refractivity contribution in [3.05, 3.63) is 28.7 Å². The van der Waals surface area contributed by atoms with Gasteiger partial charge in [0, 0.05) is 24.3 Å². The Labute approximate surface area is 162 Å². The van der Waals surface area contributed by atoms with Crippen molar-refractivity contribution in [1.82, 2.24) is 19.5 Å². The molecule has 0 aliphatic heterocycles. The van der Waals surface area contributed by atoms with E-state index in [9.17, 15) is 0 Å². The van der Waals surface area contributed by atoms with E-state index in [0.717, 1.165) is 45.7 Å². The first kappa shape index (κ1) is 17.8. The van der Waals surface area contributed by atoms with Gasteiger partial charge in [-0.2, -0.15) is 0 Å². The fraction of sp³-hybridized carbons (Fsp3) is 0.526. The first-order valence-corrected chi connectivity index (χ1v) is 10.8. The van der Waals surface area contributed by atoms with E-state index in [1.165, 1.54) is 16.9 Å². The van der Waals surface area contributed by atoms with E-state index in [0.29, 0.717) is 11.2 Å². The number of fused-ring (bicyclic) bond motifs is 3. The Balaban J connectivity index is 1.63. The second-order valence-electron chi connectivity index (χ2n) is 8.12. The molecular weight excluding hydrogens is 362 g/mol. The van der Waals surface area contributed by atoms with Crippen molar-refractivity contribution in [3.8, 4) is 0 Å². The molecule has 3 aromatic heterocycles. The van der Waals surface area contributed by atoms with Crippen molar-refractivity contribution < 1.29 is 0 Å². The zero-order chi connectivity index (χ0) is 18.5. The summed E-state index contributed by atoms with van der Waals surface area (Å²) in [7, 11) is 2.00. The molecule has 3 heterocycles.